The van der Waals surface area contributed by atoms with Crippen LogP contribution >= 0.6 is 11.3 Å². The van der Waals surface area contributed by atoms with Crippen molar-refractivity contribution in [1.82, 2.24) is 14.3 Å². The molecule has 2 aliphatic heterocycles. The van der Waals surface area contributed by atoms with E-state index in [2.05, 4.69) is 38.9 Å². The molecule has 12 heteroatoms. The van der Waals surface area contributed by atoms with E-state index in [1.807, 2.05) is 18.2 Å². The molecule has 4 heterocycles. The summed E-state index contributed by atoms with van der Waals surface area (Å²) in [6.07, 6.45) is 4.74. The van der Waals surface area contributed by atoms with Crippen LogP contribution in [0.25, 0.3) is 10.4 Å². The van der Waals surface area contributed by atoms with Crippen molar-refractivity contribution in [3.05, 3.63) is 42.5 Å². The maximum absolute atomic E-state index is 14.8. The molecular weight excluding hydrogens is 503 g/mol. The smallest absolute Gasteiger partial charge is 0.211 e. The normalized spacial score (nSPS) is 16.7. The summed E-state index contributed by atoms with van der Waals surface area (Å²) in [5.41, 5.74) is 2.46. The molecule has 1 fully saturated rings. The third kappa shape index (κ3) is 5.11. The van der Waals surface area contributed by atoms with Crippen LogP contribution in [0, 0.1) is 5.82 Å². The van der Waals surface area contributed by atoms with Gasteiger partial charge in [0.05, 0.1) is 35.2 Å². The summed E-state index contributed by atoms with van der Waals surface area (Å²) in [5, 5.41) is 3.87. The number of halogens is 1. The first-order chi connectivity index (χ1) is 17.2. The lowest BCUT2D eigenvalue weighted by atomic mass is 10.1. The molecule has 0 aliphatic carbocycles. The number of hydrogen-bond acceptors (Lipinski definition) is 9. The topological polar surface area (TPSA) is 90.9 Å². The van der Waals surface area contributed by atoms with Gasteiger partial charge in [-0.25, -0.2) is 22.8 Å². The fourth-order valence-electron chi connectivity index (χ4n) is 4.48. The second-order valence-corrected chi connectivity index (χ2v) is 12.2. The van der Waals surface area contributed by atoms with Crippen molar-refractivity contribution in [1.29, 1.82) is 0 Å². The summed E-state index contributed by atoms with van der Waals surface area (Å²) in [7, 11) is -3.16. The average molecular weight is 533 g/mol. The van der Waals surface area contributed by atoms with Gasteiger partial charge in [-0.05, 0) is 43.7 Å². The Morgan fingerprint density at radius 3 is 2.53 bits per heavy atom. The van der Waals surface area contributed by atoms with Gasteiger partial charge in [-0.3, -0.25) is 0 Å². The van der Waals surface area contributed by atoms with Crippen LogP contribution in [0.15, 0.2) is 36.7 Å². The molecule has 0 unspecified atom stereocenters. The minimum absolute atomic E-state index is 0.235. The number of fused-ring (bicyclic) bond motifs is 1. The number of nitrogens with one attached hydrogen (secondary N) is 1. The summed E-state index contributed by atoms with van der Waals surface area (Å²) in [5.74, 6) is 0.583. The Kier molecular flexibility index (Phi) is 6.75. The quantitative estimate of drug-likeness (QED) is 0.513. The Morgan fingerprint density at radius 2 is 1.86 bits per heavy atom. The van der Waals surface area contributed by atoms with Gasteiger partial charge in [-0.2, -0.15) is 4.31 Å². The lowest BCUT2D eigenvalue weighted by Crippen LogP contribution is -2.48. The molecule has 1 saturated heterocycles. The predicted octanol–water partition coefficient (Wildman–Crippen LogP) is 3.78. The van der Waals surface area contributed by atoms with Crippen molar-refractivity contribution in [3.63, 3.8) is 0 Å². The van der Waals surface area contributed by atoms with Gasteiger partial charge in [-0.15, -0.1) is 0 Å². The lowest BCUT2D eigenvalue weighted by molar-refractivity contribution is 0.287. The first-order valence-corrected chi connectivity index (χ1v) is 14.5. The van der Waals surface area contributed by atoms with Gasteiger partial charge >= 0.3 is 0 Å². The second kappa shape index (κ2) is 9.83. The van der Waals surface area contributed by atoms with Crippen LogP contribution in [0.4, 0.5) is 26.7 Å². The summed E-state index contributed by atoms with van der Waals surface area (Å²) in [6.45, 7) is 7.53. The number of sulfonamides is 1. The number of aromatic nitrogens is 2. The number of pyridine rings is 1. The number of anilines is 4. The summed E-state index contributed by atoms with van der Waals surface area (Å²) in [4.78, 5) is 14.1. The molecule has 0 amide bonds. The zero-order valence-electron chi connectivity index (χ0n) is 20.4. The molecule has 36 heavy (non-hydrogen) atoms. The number of benzene rings is 1. The fraction of sp³-hybridized carbons (Fsp3) is 0.417. The van der Waals surface area contributed by atoms with Gasteiger partial charge in [-0.1, -0.05) is 11.3 Å². The van der Waals surface area contributed by atoms with Gasteiger partial charge in [0.1, 0.15) is 12.4 Å². The predicted molar refractivity (Wildman–Crippen MR) is 142 cm³/mol. The Morgan fingerprint density at radius 1 is 1.08 bits per heavy atom. The van der Waals surface area contributed by atoms with Gasteiger partial charge in [0.2, 0.25) is 10.0 Å². The molecule has 9 nitrogen and oxygen atoms in total. The highest BCUT2D eigenvalue weighted by Gasteiger charge is 2.25. The summed E-state index contributed by atoms with van der Waals surface area (Å²) >= 11 is 1.42. The molecular formula is C24H29FN6O3S2. The van der Waals surface area contributed by atoms with E-state index in [1.165, 1.54) is 28.0 Å². The largest absolute Gasteiger partial charge is 0.486 e. The van der Waals surface area contributed by atoms with Crippen LogP contribution in [0.1, 0.15) is 13.8 Å². The van der Waals surface area contributed by atoms with Crippen molar-refractivity contribution >= 4 is 43.7 Å². The highest BCUT2D eigenvalue weighted by molar-refractivity contribution is 7.88. The molecule has 192 valence electrons. The second-order valence-electron chi connectivity index (χ2n) is 9.15. The minimum Gasteiger partial charge on any atom is -0.486 e. The number of hydrogen-bond donors (Lipinski definition) is 1. The van der Waals surface area contributed by atoms with Crippen LogP contribution in [-0.4, -0.2) is 74.3 Å². The Bertz CT molecular complexity index is 1340. The number of ether oxygens (including phenoxy) is 1. The standard InChI is InChI=1S/C24H29FN6O3S2/c1-16(2)31-10-11-34-23-19(25)12-17(13-20(23)31)21-15-27-24(35-21)28-22-5-4-18(14-26-22)29-6-8-30(9-7-29)36(3,32)33/h4-5,12-16H,6-11H2,1-3H3,(H,26,27,28). The number of nitrogens with zero attached hydrogens (tertiary/aromatic N) is 5. The van der Waals surface area contributed by atoms with Gasteiger partial charge < -0.3 is 19.9 Å². The van der Waals surface area contributed by atoms with Crippen LogP contribution < -0.4 is 19.9 Å². The van der Waals surface area contributed by atoms with E-state index in [9.17, 15) is 12.8 Å². The SMILES string of the molecule is CC(C)N1CCOc2c(F)cc(-c3cnc(Nc4ccc(N5CCN(S(C)(=O)=O)CC5)cn4)s3)cc21. The third-order valence-corrected chi connectivity index (χ3v) is 8.65. The molecule has 2 aromatic heterocycles. The van der Waals surface area contributed by atoms with Gasteiger partial charge in [0, 0.05) is 38.4 Å². The van der Waals surface area contributed by atoms with Crippen LogP contribution in [-0.2, 0) is 10.0 Å². The van der Waals surface area contributed by atoms with Crippen molar-refractivity contribution < 1.29 is 17.5 Å². The number of thiazole rings is 1. The highest BCUT2D eigenvalue weighted by atomic mass is 32.2. The number of piperazine rings is 1. The summed E-state index contributed by atoms with van der Waals surface area (Å²) < 4.78 is 45.4. The molecule has 5 rings (SSSR count). The zero-order chi connectivity index (χ0) is 25.4. The Labute approximate surface area is 214 Å². The fourth-order valence-corrected chi connectivity index (χ4v) is 6.12. The molecule has 3 aromatic rings. The lowest BCUT2D eigenvalue weighted by Gasteiger charge is -2.34. The van der Waals surface area contributed by atoms with E-state index in [1.54, 1.807) is 12.4 Å². The van der Waals surface area contributed by atoms with E-state index in [0.717, 1.165) is 28.4 Å². The van der Waals surface area contributed by atoms with Gasteiger partial charge in [0.15, 0.2) is 16.7 Å². The van der Waals surface area contributed by atoms with Crippen molar-refractivity contribution in [2.75, 3.05) is 60.7 Å². The molecule has 0 spiro atoms. The van der Waals surface area contributed by atoms with E-state index in [4.69, 9.17) is 4.74 Å². The molecule has 0 radical (unpaired) electrons. The molecule has 1 N–H and O–H groups in total. The number of rotatable bonds is 6. The minimum atomic E-state index is -3.16. The molecule has 0 bridgehead atoms. The maximum Gasteiger partial charge on any atom is 0.211 e. The van der Waals surface area contributed by atoms with Crippen LogP contribution in [0.3, 0.4) is 0 Å². The van der Waals surface area contributed by atoms with E-state index in [0.29, 0.717) is 49.5 Å². The summed E-state index contributed by atoms with van der Waals surface area (Å²) in [6, 6.07) is 7.52. The zero-order valence-corrected chi connectivity index (χ0v) is 22.1. The average Bonchev–Trinajstić information content (AvgIpc) is 3.32. The maximum atomic E-state index is 14.8. The van der Waals surface area contributed by atoms with Crippen LogP contribution in [0.5, 0.6) is 5.75 Å². The van der Waals surface area contributed by atoms with Gasteiger partial charge in [0.25, 0.3) is 0 Å². The van der Waals surface area contributed by atoms with Crippen molar-refractivity contribution in [3.8, 4) is 16.2 Å². The van der Waals surface area contributed by atoms with E-state index >= 15 is 0 Å². The first-order valence-electron chi connectivity index (χ1n) is 11.8. The third-order valence-electron chi connectivity index (χ3n) is 6.38. The Balaban J connectivity index is 1.27. The Hall–Kier alpha value is -2.96. The first kappa shape index (κ1) is 24.7. The van der Waals surface area contributed by atoms with E-state index in [-0.39, 0.29) is 11.9 Å². The molecule has 0 saturated carbocycles. The molecule has 0 atom stereocenters. The van der Waals surface area contributed by atoms with E-state index < -0.39 is 10.0 Å². The highest BCUT2D eigenvalue weighted by Crippen LogP contribution is 2.41. The van der Waals surface area contributed by atoms with Crippen molar-refractivity contribution in [2.45, 2.75) is 19.9 Å². The van der Waals surface area contributed by atoms with Crippen molar-refractivity contribution in [2.24, 2.45) is 0 Å². The molecule has 1 aromatic carbocycles. The molecule has 2 aliphatic rings. The van der Waals surface area contributed by atoms with Crippen LogP contribution in [0.2, 0.25) is 0 Å². The monoisotopic (exact) mass is 532 g/mol.